The molecule has 0 unspecified atom stereocenters. The first-order valence-corrected chi connectivity index (χ1v) is 9.58. The molecule has 3 rings (SSSR count). The van der Waals surface area contributed by atoms with Gasteiger partial charge in [-0.05, 0) is 47.0 Å². The van der Waals surface area contributed by atoms with Gasteiger partial charge in [0.1, 0.15) is 0 Å². The van der Waals surface area contributed by atoms with Crippen molar-refractivity contribution in [3.8, 4) is 0 Å². The molecule has 7 nitrogen and oxygen atoms in total. The van der Waals surface area contributed by atoms with Gasteiger partial charge in [-0.25, -0.2) is 9.59 Å². The minimum atomic E-state index is -0.193. The molecule has 0 atom stereocenters. The van der Waals surface area contributed by atoms with Crippen molar-refractivity contribution < 1.29 is 9.53 Å². The summed E-state index contributed by atoms with van der Waals surface area (Å²) in [4.78, 5) is 26.8. The lowest BCUT2D eigenvalue weighted by Gasteiger charge is -2.23. The molecule has 0 fully saturated rings. The standard InChI is InChI=1S/C19H24N4O3S/c1-13-9-16-17(22(3)19(25)21(16)2)10-15(13)20-18(24)23(6-7-26-4)11-14-5-8-27-12-14/h5,8-10,12H,6-7,11H2,1-4H3,(H,20,24). The normalized spacial score (nSPS) is 11.1. The van der Waals surface area contributed by atoms with Gasteiger partial charge in [-0.1, -0.05) is 0 Å². The van der Waals surface area contributed by atoms with Crippen LogP contribution < -0.4 is 11.0 Å². The molecule has 0 saturated heterocycles. The van der Waals surface area contributed by atoms with Crippen LogP contribution in [-0.2, 0) is 25.4 Å². The summed E-state index contributed by atoms with van der Waals surface area (Å²) >= 11 is 1.61. The summed E-state index contributed by atoms with van der Waals surface area (Å²) < 4.78 is 8.33. The Bertz CT molecular complexity index is 1000. The zero-order valence-corrected chi connectivity index (χ0v) is 16.8. The van der Waals surface area contributed by atoms with E-state index >= 15 is 0 Å². The van der Waals surface area contributed by atoms with Gasteiger partial charge in [0.2, 0.25) is 0 Å². The molecule has 0 saturated carbocycles. The van der Waals surface area contributed by atoms with Crippen LogP contribution in [0.1, 0.15) is 11.1 Å². The highest BCUT2D eigenvalue weighted by Crippen LogP contribution is 2.23. The molecule has 0 bridgehead atoms. The number of anilines is 1. The summed E-state index contributed by atoms with van der Waals surface area (Å²) in [7, 11) is 5.09. The van der Waals surface area contributed by atoms with Crippen LogP contribution in [0.5, 0.6) is 0 Å². The molecular weight excluding hydrogens is 364 g/mol. The summed E-state index contributed by atoms with van der Waals surface area (Å²) in [5.74, 6) is 0. The Kier molecular flexibility index (Phi) is 5.67. The van der Waals surface area contributed by atoms with E-state index in [1.807, 2.05) is 35.9 Å². The van der Waals surface area contributed by atoms with Crippen molar-refractivity contribution >= 4 is 34.1 Å². The number of carbonyl (C=O) groups excluding carboxylic acids is 1. The van der Waals surface area contributed by atoms with Gasteiger partial charge in [-0.15, -0.1) is 0 Å². The van der Waals surface area contributed by atoms with Crippen molar-refractivity contribution in [2.24, 2.45) is 14.1 Å². The van der Waals surface area contributed by atoms with Crippen molar-refractivity contribution in [2.45, 2.75) is 13.5 Å². The summed E-state index contributed by atoms with van der Waals surface area (Å²) in [6, 6.07) is 5.59. The van der Waals surface area contributed by atoms with Crippen molar-refractivity contribution in [1.29, 1.82) is 0 Å². The van der Waals surface area contributed by atoms with Gasteiger partial charge in [0.05, 0.1) is 17.6 Å². The van der Waals surface area contributed by atoms with E-state index in [1.54, 1.807) is 46.6 Å². The zero-order valence-electron chi connectivity index (χ0n) is 16.0. The molecule has 2 heterocycles. The number of benzene rings is 1. The second-order valence-electron chi connectivity index (χ2n) is 6.53. The molecule has 0 spiro atoms. The molecule has 3 aromatic rings. The number of nitrogens with zero attached hydrogens (tertiary/aromatic N) is 3. The number of imidazole rings is 1. The first kappa shape index (κ1) is 19.2. The van der Waals surface area contributed by atoms with Crippen LogP contribution in [0.2, 0.25) is 0 Å². The molecule has 8 heteroatoms. The smallest absolute Gasteiger partial charge is 0.328 e. The fourth-order valence-corrected chi connectivity index (χ4v) is 3.70. The average molecular weight is 388 g/mol. The SMILES string of the molecule is COCCN(Cc1ccsc1)C(=O)Nc1cc2c(cc1C)n(C)c(=O)n2C. The van der Waals surface area contributed by atoms with Gasteiger partial charge in [0, 0.05) is 40.0 Å². The number of amides is 2. The van der Waals surface area contributed by atoms with Crippen LogP contribution in [-0.4, -0.2) is 40.3 Å². The number of methoxy groups -OCH3 is 1. The Morgan fingerprint density at radius 1 is 1.26 bits per heavy atom. The van der Waals surface area contributed by atoms with E-state index < -0.39 is 0 Å². The van der Waals surface area contributed by atoms with E-state index in [9.17, 15) is 9.59 Å². The molecule has 27 heavy (non-hydrogen) atoms. The van der Waals surface area contributed by atoms with E-state index in [0.717, 1.165) is 22.2 Å². The predicted octanol–water partition coefficient (Wildman–Crippen LogP) is 2.93. The highest BCUT2D eigenvalue weighted by atomic mass is 32.1. The molecule has 1 aromatic carbocycles. The van der Waals surface area contributed by atoms with E-state index in [4.69, 9.17) is 4.74 Å². The number of aryl methyl sites for hydroxylation is 3. The Hall–Kier alpha value is -2.58. The van der Waals surface area contributed by atoms with Gasteiger partial charge >= 0.3 is 11.7 Å². The number of fused-ring (bicyclic) bond motifs is 1. The van der Waals surface area contributed by atoms with Crippen LogP contribution in [0.3, 0.4) is 0 Å². The van der Waals surface area contributed by atoms with Crippen molar-refractivity contribution in [1.82, 2.24) is 14.0 Å². The maximum Gasteiger partial charge on any atom is 0.328 e. The van der Waals surface area contributed by atoms with Crippen LogP contribution in [0.4, 0.5) is 10.5 Å². The number of nitrogens with one attached hydrogen (secondary N) is 1. The highest BCUT2D eigenvalue weighted by Gasteiger charge is 2.17. The predicted molar refractivity (Wildman–Crippen MR) is 109 cm³/mol. The first-order valence-electron chi connectivity index (χ1n) is 8.64. The first-order chi connectivity index (χ1) is 12.9. The second-order valence-corrected chi connectivity index (χ2v) is 7.31. The number of urea groups is 1. The van der Waals surface area contributed by atoms with Crippen molar-refractivity contribution in [3.05, 3.63) is 50.6 Å². The lowest BCUT2D eigenvalue weighted by atomic mass is 10.1. The number of thiophene rings is 1. The number of hydrogen-bond acceptors (Lipinski definition) is 4. The molecular formula is C19H24N4O3S. The second kappa shape index (κ2) is 7.98. The number of ether oxygens (including phenoxy) is 1. The molecule has 0 aliphatic carbocycles. The molecule has 2 aromatic heterocycles. The molecule has 144 valence electrons. The fraction of sp³-hybridized carbons (Fsp3) is 0.368. The van der Waals surface area contributed by atoms with Crippen LogP contribution in [0, 0.1) is 6.92 Å². The Labute approximate surface area is 161 Å². The molecule has 0 aliphatic heterocycles. The van der Waals surface area contributed by atoms with Gasteiger partial charge in [0.25, 0.3) is 0 Å². The number of aromatic nitrogens is 2. The Morgan fingerprint density at radius 3 is 2.59 bits per heavy atom. The molecule has 0 aliphatic rings. The topological polar surface area (TPSA) is 68.5 Å². The third kappa shape index (κ3) is 3.91. The quantitative estimate of drug-likeness (QED) is 0.706. The summed E-state index contributed by atoms with van der Waals surface area (Å²) in [5, 5.41) is 7.02. The Balaban J connectivity index is 1.87. The molecule has 1 N–H and O–H groups in total. The minimum absolute atomic E-state index is 0.0907. The minimum Gasteiger partial charge on any atom is -0.383 e. The van der Waals surface area contributed by atoms with Gasteiger partial charge in [-0.2, -0.15) is 11.3 Å². The lowest BCUT2D eigenvalue weighted by Crippen LogP contribution is -2.36. The molecule has 0 radical (unpaired) electrons. The van der Waals surface area contributed by atoms with Gasteiger partial charge in [0.15, 0.2) is 0 Å². The van der Waals surface area contributed by atoms with Crippen molar-refractivity contribution in [3.63, 3.8) is 0 Å². The maximum atomic E-state index is 12.9. The maximum absolute atomic E-state index is 12.9. The summed E-state index contributed by atoms with van der Waals surface area (Å²) in [6.07, 6.45) is 0. The molecule has 2 amide bonds. The zero-order chi connectivity index (χ0) is 19.6. The third-order valence-corrected chi connectivity index (χ3v) is 5.40. The van der Waals surface area contributed by atoms with Crippen molar-refractivity contribution in [2.75, 3.05) is 25.6 Å². The van der Waals surface area contributed by atoms with Crippen LogP contribution >= 0.6 is 11.3 Å². The third-order valence-electron chi connectivity index (χ3n) is 4.67. The van der Waals surface area contributed by atoms with E-state index in [2.05, 4.69) is 5.32 Å². The van der Waals surface area contributed by atoms with E-state index in [0.29, 0.717) is 25.4 Å². The lowest BCUT2D eigenvalue weighted by molar-refractivity contribution is 0.153. The Morgan fingerprint density at radius 2 is 1.96 bits per heavy atom. The monoisotopic (exact) mass is 388 g/mol. The van der Waals surface area contributed by atoms with Crippen LogP contribution in [0.25, 0.3) is 11.0 Å². The number of hydrogen-bond donors (Lipinski definition) is 1. The largest absolute Gasteiger partial charge is 0.383 e. The van der Waals surface area contributed by atoms with Gasteiger partial charge in [-0.3, -0.25) is 9.13 Å². The number of carbonyl (C=O) groups is 1. The van der Waals surface area contributed by atoms with E-state index in [1.165, 1.54) is 0 Å². The summed E-state index contributed by atoms with van der Waals surface area (Å²) in [5.41, 5.74) is 4.22. The highest BCUT2D eigenvalue weighted by molar-refractivity contribution is 7.07. The average Bonchev–Trinajstić information content (AvgIpc) is 3.23. The number of rotatable bonds is 6. The fourth-order valence-electron chi connectivity index (χ4n) is 3.04. The van der Waals surface area contributed by atoms with Crippen LogP contribution in [0.15, 0.2) is 33.8 Å². The van der Waals surface area contributed by atoms with E-state index in [-0.39, 0.29) is 11.7 Å². The summed E-state index contributed by atoms with van der Waals surface area (Å²) in [6.45, 7) is 3.39. The van der Waals surface area contributed by atoms with Gasteiger partial charge < -0.3 is 15.0 Å².